The zero-order chi connectivity index (χ0) is 11.5. The lowest BCUT2D eigenvalue weighted by atomic mass is 10.1. The van der Waals surface area contributed by atoms with Crippen LogP contribution in [0.1, 0.15) is 39.3 Å². The second kappa shape index (κ2) is 5.27. The van der Waals surface area contributed by atoms with Crippen molar-refractivity contribution in [1.29, 1.82) is 0 Å². The van der Waals surface area contributed by atoms with Crippen molar-refractivity contribution in [1.82, 2.24) is 5.48 Å². The molecule has 1 rings (SSSR count). The van der Waals surface area contributed by atoms with Crippen LogP contribution in [0, 0.1) is 3.57 Å². The van der Waals surface area contributed by atoms with Gasteiger partial charge < -0.3 is 0 Å². The number of nitrogens with one attached hydrogen (secondary N) is 1. The Kier molecular flexibility index (Phi) is 4.55. The van der Waals surface area contributed by atoms with Gasteiger partial charge in [0.2, 0.25) is 0 Å². The molecule has 0 aliphatic carbocycles. The first kappa shape index (κ1) is 12.9. The van der Waals surface area contributed by atoms with Crippen LogP contribution in [0.3, 0.4) is 0 Å². The number of benzene rings is 1. The predicted octanol–water partition coefficient (Wildman–Crippen LogP) is 3.67. The van der Waals surface area contributed by atoms with E-state index in [2.05, 4.69) is 59.3 Å². The van der Waals surface area contributed by atoms with Crippen LogP contribution >= 0.6 is 22.6 Å². The predicted molar refractivity (Wildman–Crippen MR) is 71.5 cm³/mol. The number of hydrogen-bond acceptors (Lipinski definition) is 2. The molecule has 1 unspecified atom stereocenters. The topological polar surface area (TPSA) is 21.3 Å². The Morgan fingerprint density at radius 3 is 2.20 bits per heavy atom. The Labute approximate surface area is 106 Å². The summed E-state index contributed by atoms with van der Waals surface area (Å²) in [7, 11) is 0. The van der Waals surface area contributed by atoms with Crippen LogP contribution in [0.2, 0.25) is 0 Å². The summed E-state index contributed by atoms with van der Waals surface area (Å²) in [6, 6.07) is 8.65. The highest BCUT2D eigenvalue weighted by Crippen LogP contribution is 2.16. The lowest BCUT2D eigenvalue weighted by molar-refractivity contribution is -0.0866. The van der Waals surface area contributed by atoms with Crippen molar-refractivity contribution >= 4 is 22.6 Å². The maximum absolute atomic E-state index is 5.52. The van der Waals surface area contributed by atoms with E-state index >= 15 is 0 Å². The molecule has 0 fully saturated rings. The van der Waals surface area contributed by atoms with E-state index in [1.54, 1.807) is 0 Å². The van der Waals surface area contributed by atoms with Gasteiger partial charge in [-0.25, -0.2) is 0 Å². The van der Waals surface area contributed by atoms with Crippen molar-refractivity contribution in [2.24, 2.45) is 0 Å². The van der Waals surface area contributed by atoms with Crippen LogP contribution in [0.4, 0.5) is 0 Å². The zero-order valence-electron chi connectivity index (χ0n) is 9.67. The van der Waals surface area contributed by atoms with E-state index < -0.39 is 0 Å². The molecular formula is C12H18INO. The van der Waals surface area contributed by atoms with Gasteiger partial charge in [0.1, 0.15) is 0 Å². The standard InChI is InChI=1S/C12H18INO/c1-9(14-15-12(2,3)4)10-5-7-11(13)8-6-10/h5-9,14H,1-4H3. The normalized spacial score (nSPS) is 13.9. The van der Waals surface area contributed by atoms with E-state index in [1.165, 1.54) is 9.13 Å². The third-order valence-electron chi connectivity index (χ3n) is 1.91. The lowest BCUT2D eigenvalue weighted by Crippen LogP contribution is -2.30. The average molecular weight is 319 g/mol. The Bertz CT molecular complexity index is 302. The molecule has 0 saturated heterocycles. The summed E-state index contributed by atoms with van der Waals surface area (Å²) >= 11 is 2.30. The summed E-state index contributed by atoms with van der Waals surface area (Å²) in [6.07, 6.45) is 0. The molecule has 1 N–H and O–H groups in total. The van der Waals surface area contributed by atoms with Gasteiger partial charge in [-0.15, -0.1) is 0 Å². The van der Waals surface area contributed by atoms with Gasteiger partial charge in [0.15, 0.2) is 0 Å². The zero-order valence-corrected chi connectivity index (χ0v) is 11.8. The summed E-state index contributed by atoms with van der Waals surface area (Å²) in [5.41, 5.74) is 4.14. The average Bonchev–Trinajstić information content (AvgIpc) is 2.14. The molecule has 84 valence electrons. The van der Waals surface area contributed by atoms with Gasteiger partial charge in [-0.05, 0) is 68.0 Å². The number of rotatable bonds is 3. The molecular weight excluding hydrogens is 301 g/mol. The molecule has 1 atom stereocenters. The van der Waals surface area contributed by atoms with E-state index in [-0.39, 0.29) is 11.6 Å². The van der Waals surface area contributed by atoms with Gasteiger partial charge in [-0.3, -0.25) is 4.84 Å². The molecule has 1 aromatic carbocycles. The molecule has 0 aromatic heterocycles. The Morgan fingerprint density at radius 2 is 1.73 bits per heavy atom. The first-order valence-corrected chi connectivity index (χ1v) is 6.15. The number of halogens is 1. The van der Waals surface area contributed by atoms with E-state index in [1.807, 2.05) is 20.8 Å². The van der Waals surface area contributed by atoms with E-state index in [9.17, 15) is 0 Å². The molecule has 0 radical (unpaired) electrons. The highest BCUT2D eigenvalue weighted by atomic mass is 127. The summed E-state index contributed by atoms with van der Waals surface area (Å²) in [5, 5.41) is 0. The van der Waals surface area contributed by atoms with Crippen LogP contribution in [0.25, 0.3) is 0 Å². The van der Waals surface area contributed by atoms with E-state index in [4.69, 9.17) is 4.84 Å². The van der Waals surface area contributed by atoms with Crippen LogP contribution in [0.5, 0.6) is 0 Å². The van der Waals surface area contributed by atoms with Crippen LogP contribution in [-0.2, 0) is 4.84 Å². The Morgan fingerprint density at radius 1 is 1.20 bits per heavy atom. The lowest BCUT2D eigenvalue weighted by Gasteiger charge is -2.23. The molecule has 0 aliphatic heterocycles. The second-order valence-corrected chi connectivity index (χ2v) is 5.85. The largest absolute Gasteiger partial charge is 0.296 e. The molecule has 0 saturated carbocycles. The Balaban J connectivity index is 2.54. The summed E-state index contributed by atoms with van der Waals surface area (Å²) in [6.45, 7) is 8.18. The number of hydroxylamine groups is 1. The van der Waals surface area contributed by atoms with Crippen molar-refractivity contribution in [2.45, 2.75) is 39.3 Å². The monoisotopic (exact) mass is 319 g/mol. The maximum atomic E-state index is 5.52. The fourth-order valence-corrected chi connectivity index (χ4v) is 1.44. The molecule has 0 heterocycles. The van der Waals surface area contributed by atoms with Crippen molar-refractivity contribution in [3.63, 3.8) is 0 Å². The SMILES string of the molecule is CC(NOC(C)(C)C)c1ccc(I)cc1. The van der Waals surface area contributed by atoms with Crippen LogP contribution in [0.15, 0.2) is 24.3 Å². The van der Waals surface area contributed by atoms with Crippen molar-refractivity contribution in [3.05, 3.63) is 33.4 Å². The molecule has 15 heavy (non-hydrogen) atoms. The first-order valence-electron chi connectivity index (χ1n) is 5.07. The highest BCUT2D eigenvalue weighted by Gasteiger charge is 2.13. The fraction of sp³-hybridized carbons (Fsp3) is 0.500. The molecule has 3 heteroatoms. The van der Waals surface area contributed by atoms with Gasteiger partial charge in [-0.2, -0.15) is 5.48 Å². The minimum atomic E-state index is -0.155. The summed E-state index contributed by atoms with van der Waals surface area (Å²) in [5.74, 6) is 0. The van der Waals surface area contributed by atoms with E-state index in [0.29, 0.717) is 0 Å². The van der Waals surface area contributed by atoms with Gasteiger partial charge in [0.25, 0.3) is 0 Å². The molecule has 2 nitrogen and oxygen atoms in total. The van der Waals surface area contributed by atoms with Crippen molar-refractivity contribution in [2.75, 3.05) is 0 Å². The quantitative estimate of drug-likeness (QED) is 0.678. The van der Waals surface area contributed by atoms with Crippen molar-refractivity contribution < 1.29 is 4.84 Å². The Hall–Kier alpha value is -0.130. The van der Waals surface area contributed by atoms with Gasteiger partial charge >= 0.3 is 0 Å². The number of hydrogen-bond donors (Lipinski definition) is 1. The molecule has 0 amide bonds. The highest BCUT2D eigenvalue weighted by molar-refractivity contribution is 14.1. The molecule has 0 bridgehead atoms. The summed E-state index contributed by atoms with van der Waals surface area (Å²) in [4.78, 5) is 5.52. The van der Waals surface area contributed by atoms with Crippen molar-refractivity contribution in [3.8, 4) is 0 Å². The molecule has 1 aromatic rings. The van der Waals surface area contributed by atoms with Gasteiger partial charge in [0, 0.05) is 3.57 Å². The minimum Gasteiger partial charge on any atom is -0.296 e. The molecule has 0 aliphatic rings. The van der Waals surface area contributed by atoms with Gasteiger partial charge in [0.05, 0.1) is 11.6 Å². The third-order valence-corrected chi connectivity index (χ3v) is 2.63. The summed E-state index contributed by atoms with van der Waals surface area (Å²) < 4.78 is 1.25. The second-order valence-electron chi connectivity index (χ2n) is 4.61. The maximum Gasteiger partial charge on any atom is 0.0813 e. The smallest absolute Gasteiger partial charge is 0.0813 e. The third kappa shape index (κ3) is 4.95. The van der Waals surface area contributed by atoms with E-state index in [0.717, 1.165) is 0 Å². The minimum absolute atomic E-state index is 0.155. The van der Waals surface area contributed by atoms with Crippen LogP contribution < -0.4 is 5.48 Å². The molecule has 0 spiro atoms. The first-order chi connectivity index (χ1) is 6.88. The van der Waals surface area contributed by atoms with Gasteiger partial charge in [-0.1, -0.05) is 12.1 Å². The van der Waals surface area contributed by atoms with Crippen LogP contribution in [-0.4, -0.2) is 5.60 Å². The fourth-order valence-electron chi connectivity index (χ4n) is 1.08.